The topological polar surface area (TPSA) is 78.9 Å². The lowest BCUT2D eigenvalue weighted by Crippen LogP contribution is -2.30. The summed E-state index contributed by atoms with van der Waals surface area (Å²) in [6.45, 7) is 6.47. The first-order valence-electron chi connectivity index (χ1n) is 26.9. The second kappa shape index (κ2) is 52.5. The number of esters is 3. The van der Waals surface area contributed by atoms with Crippen LogP contribution in [0.4, 0.5) is 0 Å². The number of hydrogen-bond donors (Lipinski definition) is 0. The van der Waals surface area contributed by atoms with E-state index in [1.165, 1.54) is 135 Å². The quantitative estimate of drug-likeness (QED) is 0.0262. The van der Waals surface area contributed by atoms with Crippen LogP contribution in [0.25, 0.3) is 0 Å². The second-order valence-electron chi connectivity index (χ2n) is 17.8. The summed E-state index contributed by atoms with van der Waals surface area (Å²) in [5, 5.41) is 0. The molecular weight excluding hydrogens is 793 g/mol. The van der Waals surface area contributed by atoms with Gasteiger partial charge in [-0.3, -0.25) is 14.4 Å². The minimum absolute atomic E-state index is 0.0978. The summed E-state index contributed by atoms with van der Waals surface area (Å²) >= 11 is 0. The number of allylic oxidation sites excluding steroid dienone is 12. The molecule has 1 atom stereocenters. The zero-order valence-electron chi connectivity index (χ0n) is 42.0. The third kappa shape index (κ3) is 49.9. The molecule has 0 aromatic heterocycles. The first-order valence-corrected chi connectivity index (χ1v) is 26.9. The first-order chi connectivity index (χ1) is 31.5. The van der Waals surface area contributed by atoms with E-state index in [-0.39, 0.29) is 37.5 Å². The molecule has 0 aliphatic heterocycles. The molecule has 0 saturated carbocycles. The maximum absolute atomic E-state index is 12.8. The van der Waals surface area contributed by atoms with Crippen LogP contribution >= 0.6 is 0 Å². The van der Waals surface area contributed by atoms with Crippen molar-refractivity contribution in [2.45, 2.75) is 264 Å². The van der Waals surface area contributed by atoms with Crippen molar-refractivity contribution in [2.24, 2.45) is 0 Å². The maximum atomic E-state index is 12.8. The van der Waals surface area contributed by atoms with Gasteiger partial charge < -0.3 is 14.2 Å². The Morgan fingerprint density at radius 1 is 0.328 bits per heavy atom. The van der Waals surface area contributed by atoms with Crippen LogP contribution in [0.5, 0.6) is 0 Å². The normalized spacial score (nSPS) is 12.6. The van der Waals surface area contributed by atoms with E-state index in [2.05, 4.69) is 93.7 Å². The molecule has 0 heterocycles. The SMILES string of the molecule is CC/C=C\C/C=C\C/C=C\C/C=C\C/C=C\CCCC(=O)OC(COC(=O)CCCCCCCCC/C=C\CCCCCCCCCC)COC(=O)CCCCCCCCCCCC. The van der Waals surface area contributed by atoms with E-state index >= 15 is 0 Å². The number of ether oxygens (including phenoxy) is 3. The van der Waals surface area contributed by atoms with Crippen LogP contribution < -0.4 is 0 Å². The Balaban J connectivity index is 4.41. The minimum Gasteiger partial charge on any atom is -0.462 e. The van der Waals surface area contributed by atoms with Gasteiger partial charge in [-0.05, 0) is 83.5 Å². The highest BCUT2D eigenvalue weighted by Gasteiger charge is 2.19. The number of unbranched alkanes of at least 4 members (excludes halogenated alkanes) is 25. The highest BCUT2D eigenvalue weighted by atomic mass is 16.6. The van der Waals surface area contributed by atoms with E-state index in [0.29, 0.717) is 19.3 Å². The van der Waals surface area contributed by atoms with Crippen molar-refractivity contribution in [3.8, 4) is 0 Å². The monoisotopic (exact) mass is 893 g/mol. The fraction of sp³-hybridized carbons (Fsp3) is 0.741. The highest BCUT2D eigenvalue weighted by Crippen LogP contribution is 2.14. The van der Waals surface area contributed by atoms with E-state index in [4.69, 9.17) is 14.2 Å². The predicted octanol–water partition coefficient (Wildman–Crippen LogP) is 17.8. The van der Waals surface area contributed by atoms with Crippen LogP contribution in [-0.4, -0.2) is 37.2 Å². The van der Waals surface area contributed by atoms with Crippen LogP contribution in [0.3, 0.4) is 0 Å². The average molecular weight is 893 g/mol. The van der Waals surface area contributed by atoms with Gasteiger partial charge in [-0.1, -0.05) is 229 Å². The molecule has 0 amide bonds. The molecule has 0 aliphatic rings. The summed E-state index contributed by atoms with van der Waals surface area (Å²) in [5.74, 6) is -0.959. The van der Waals surface area contributed by atoms with Gasteiger partial charge in [0.1, 0.15) is 13.2 Å². The fourth-order valence-electron chi connectivity index (χ4n) is 7.41. The van der Waals surface area contributed by atoms with Gasteiger partial charge in [0.2, 0.25) is 0 Å². The molecule has 0 aromatic rings. The Labute approximate surface area is 395 Å². The molecule has 0 N–H and O–H groups in total. The largest absolute Gasteiger partial charge is 0.462 e. The molecular formula is C58H100O6. The Morgan fingerprint density at radius 3 is 1.02 bits per heavy atom. The van der Waals surface area contributed by atoms with E-state index in [1.807, 2.05) is 0 Å². The van der Waals surface area contributed by atoms with Gasteiger partial charge in [-0.15, -0.1) is 0 Å². The van der Waals surface area contributed by atoms with E-state index in [0.717, 1.165) is 77.0 Å². The van der Waals surface area contributed by atoms with Crippen molar-refractivity contribution in [3.05, 3.63) is 72.9 Å². The lowest BCUT2D eigenvalue weighted by Gasteiger charge is -2.18. The summed E-state index contributed by atoms with van der Waals surface area (Å²) in [5.41, 5.74) is 0. The lowest BCUT2D eigenvalue weighted by molar-refractivity contribution is -0.167. The van der Waals surface area contributed by atoms with Crippen LogP contribution in [-0.2, 0) is 28.6 Å². The molecule has 1 unspecified atom stereocenters. The van der Waals surface area contributed by atoms with Gasteiger partial charge in [0.15, 0.2) is 6.10 Å². The third-order valence-electron chi connectivity index (χ3n) is 11.4. The zero-order chi connectivity index (χ0) is 46.5. The van der Waals surface area contributed by atoms with E-state index in [1.54, 1.807) is 0 Å². The van der Waals surface area contributed by atoms with Crippen LogP contribution in [0.15, 0.2) is 72.9 Å². The molecule has 0 saturated heterocycles. The van der Waals surface area contributed by atoms with Gasteiger partial charge in [0, 0.05) is 19.3 Å². The first kappa shape index (κ1) is 60.9. The van der Waals surface area contributed by atoms with E-state index < -0.39 is 6.10 Å². The Bertz CT molecular complexity index is 1210. The molecule has 64 heavy (non-hydrogen) atoms. The number of hydrogen-bond acceptors (Lipinski definition) is 6. The summed E-state index contributed by atoms with van der Waals surface area (Å²) in [6, 6.07) is 0. The van der Waals surface area contributed by atoms with Gasteiger partial charge in [-0.2, -0.15) is 0 Å². The standard InChI is InChI=1S/C58H100O6/c1-4-7-10-13-16-19-22-24-26-28-29-31-32-34-36-39-42-45-48-51-57(60)63-54-55(53-62-56(59)50-47-44-41-38-21-18-15-12-9-6-3)64-58(61)52-49-46-43-40-37-35-33-30-27-25-23-20-17-14-11-8-5-2/h8,11,17,20,25,27-29,33,35,40,43,55H,4-7,9-10,12-16,18-19,21-24,26,30-32,34,36-39,41-42,44-54H2,1-3H3/b11-8-,20-17-,27-25-,29-28-,35-33-,43-40-. The molecule has 0 fully saturated rings. The van der Waals surface area contributed by atoms with Gasteiger partial charge in [0.05, 0.1) is 0 Å². The summed E-state index contributed by atoms with van der Waals surface area (Å²) in [7, 11) is 0. The number of rotatable bonds is 48. The number of carbonyl (C=O) groups excluding carboxylic acids is 3. The second-order valence-corrected chi connectivity index (χ2v) is 17.8. The van der Waals surface area contributed by atoms with Crippen LogP contribution in [0.2, 0.25) is 0 Å². The van der Waals surface area contributed by atoms with Crippen molar-refractivity contribution < 1.29 is 28.6 Å². The van der Waals surface area contributed by atoms with Crippen molar-refractivity contribution in [1.82, 2.24) is 0 Å². The van der Waals surface area contributed by atoms with Gasteiger partial charge in [0.25, 0.3) is 0 Å². The van der Waals surface area contributed by atoms with Crippen molar-refractivity contribution in [3.63, 3.8) is 0 Å². The molecule has 0 rings (SSSR count). The number of carbonyl (C=O) groups is 3. The summed E-state index contributed by atoms with van der Waals surface area (Å²) < 4.78 is 16.7. The average Bonchev–Trinajstić information content (AvgIpc) is 3.29. The van der Waals surface area contributed by atoms with Crippen molar-refractivity contribution in [2.75, 3.05) is 13.2 Å². The molecule has 0 aromatic carbocycles. The molecule has 0 bridgehead atoms. The third-order valence-corrected chi connectivity index (χ3v) is 11.4. The fourth-order valence-corrected chi connectivity index (χ4v) is 7.41. The molecule has 368 valence electrons. The van der Waals surface area contributed by atoms with Crippen molar-refractivity contribution in [1.29, 1.82) is 0 Å². The van der Waals surface area contributed by atoms with Gasteiger partial charge in [-0.25, -0.2) is 0 Å². The van der Waals surface area contributed by atoms with Crippen LogP contribution in [0, 0.1) is 0 Å². The molecule has 0 radical (unpaired) electrons. The molecule has 6 heteroatoms. The zero-order valence-corrected chi connectivity index (χ0v) is 42.0. The molecule has 0 spiro atoms. The summed E-state index contributed by atoms with van der Waals surface area (Å²) in [4.78, 5) is 38.0. The highest BCUT2D eigenvalue weighted by molar-refractivity contribution is 5.71. The molecule has 6 nitrogen and oxygen atoms in total. The smallest absolute Gasteiger partial charge is 0.306 e. The Kier molecular flexibility index (Phi) is 49.9. The molecule has 0 aliphatic carbocycles. The predicted molar refractivity (Wildman–Crippen MR) is 274 cm³/mol. The summed E-state index contributed by atoms with van der Waals surface area (Å²) in [6.07, 6.45) is 66.1. The van der Waals surface area contributed by atoms with E-state index in [9.17, 15) is 14.4 Å². The van der Waals surface area contributed by atoms with Gasteiger partial charge >= 0.3 is 17.9 Å². The maximum Gasteiger partial charge on any atom is 0.306 e. The van der Waals surface area contributed by atoms with Crippen LogP contribution in [0.1, 0.15) is 258 Å². The Hall–Kier alpha value is -3.15. The Morgan fingerprint density at radius 2 is 0.625 bits per heavy atom. The minimum atomic E-state index is -0.804. The van der Waals surface area contributed by atoms with Crippen molar-refractivity contribution >= 4 is 17.9 Å². The lowest BCUT2D eigenvalue weighted by atomic mass is 10.1.